The molecule has 2 atom stereocenters. The van der Waals surface area contributed by atoms with Gasteiger partial charge in [0.2, 0.25) is 16.0 Å². The van der Waals surface area contributed by atoms with Crippen LogP contribution in [-0.4, -0.2) is 63.3 Å². The molecule has 0 spiro atoms. The largest absolute Gasteiger partial charge is 0.388 e. The fraction of sp³-hybridized carbons (Fsp3) is 0.650. The van der Waals surface area contributed by atoms with Gasteiger partial charge in [-0.25, -0.2) is 26.5 Å². The van der Waals surface area contributed by atoms with E-state index in [0.717, 1.165) is 14.9 Å². The van der Waals surface area contributed by atoms with Crippen LogP contribution in [0.4, 0.5) is 14.7 Å². The molecule has 3 heterocycles. The molecular formula is C20H27F2N5O4S. The molecule has 2 aromatic rings. The average molecular weight is 476 g/mol. The van der Waals surface area contributed by atoms with Gasteiger partial charge < -0.3 is 10.4 Å². The van der Waals surface area contributed by atoms with Crippen molar-refractivity contribution in [3.63, 3.8) is 0 Å². The lowest BCUT2D eigenvalue weighted by molar-refractivity contribution is 0.0261. The Labute approximate surface area is 190 Å². The minimum absolute atomic E-state index is 0.0242. The summed E-state index contributed by atoms with van der Waals surface area (Å²) >= 11 is 0. The van der Waals surface area contributed by atoms with Gasteiger partial charge in [0.25, 0.3) is 12.0 Å². The molecule has 2 fully saturated rings. The number of aliphatic hydroxyl groups is 1. The quantitative estimate of drug-likeness (QED) is 0.680. The average Bonchev–Trinajstić information content (AvgIpc) is 3.10. The highest BCUT2D eigenvalue weighted by Crippen LogP contribution is 2.39. The molecular weight excluding hydrogens is 444 g/mol. The van der Waals surface area contributed by atoms with E-state index in [0.29, 0.717) is 19.3 Å². The summed E-state index contributed by atoms with van der Waals surface area (Å²) in [4.78, 5) is 21.6. The Hall–Kier alpha value is -2.18. The first kappa shape index (κ1) is 18.3. The van der Waals surface area contributed by atoms with E-state index < -0.39 is 45.4 Å². The predicted octanol–water partition coefficient (Wildman–Crippen LogP) is 2.04. The second-order valence-electron chi connectivity index (χ2n) is 8.55. The molecule has 1 saturated heterocycles. The maximum Gasteiger partial charge on any atom is 0.269 e. The van der Waals surface area contributed by atoms with Gasteiger partial charge in [0, 0.05) is 34.8 Å². The van der Waals surface area contributed by atoms with Gasteiger partial charge in [-0.3, -0.25) is 9.36 Å². The number of nitrogens with one attached hydrogen (secondary N) is 1. The normalized spacial score (nSPS) is 28.2. The topological polar surface area (TPSA) is 117 Å². The van der Waals surface area contributed by atoms with Gasteiger partial charge in [0.1, 0.15) is 7.02 Å². The standard InChI is InChI=1S/C20H27F2N5O4S/c1-20(29)7-3-4-15(20)27-17-12(10-14(16(21)22)18(27)28)11-23-19(25-17)24-13-5-8-26(9-6-13)32(2,30)31/h10-11,13,15-16,29H,3-9H2,1-2H3,(H,23,24,25)/t15-,20-/m0/s1/i2D3,16D. The summed E-state index contributed by atoms with van der Waals surface area (Å²) in [5.41, 5.74) is -3.46. The van der Waals surface area contributed by atoms with Gasteiger partial charge in [-0.2, -0.15) is 4.98 Å². The van der Waals surface area contributed by atoms with Crippen LogP contribution in [0.15, 0.2) is 17.1 Å². The number of hydrogen-bond acceptors (Lipinski definition) is 7. The smallest absolute Gasteiger partial charge is 0.269 e. The van der Waals surface area contributed by atoms with Gasteiger partial charge in [0.05, 0.1) is 23.4 Å². The molecule has 0 aromatic carbocycles. The molecule has 32 heavy (non-hydrogen) atoms. The van der Waals surface area contributed by atoms with Crippen molar-refractivity contribution in [3.8, 4) is 0 Å². The molecule has 1 saturated carbocycles. The lowest BCUT2D eigenvalue weighted by Gasteiger charge is -2.31. The summed E-state index contributed by atoms with van der Waals surface area (Å²) in [7, 11) is -4.44. The zero-order valence-electron chi connectivity index (χ0n) is 21.4. The van der Waals surface area contributed by atoms with E-state index in [4.69, 9.17) is 5.48 Å². The number of aromatic nitrogens is 3. The molecule has 0 amide bonds. The van der Waals surface area contributed by atoms with Crippen LogP contribution in [0.2, 0.25) is 0 Å². The molecule has 2 N–H and O–H groups in total. The van der Waals surface area contributed by atoms with Crippen LogP contribution in [0.3, 0.4) is 0 Å². The lowest BCUT2D eigenvalue weighted by Crippen LogP contribution is -2.42. The highest BCUT2D eigenvalue weighted by atomic mass is 32.2. The summed E-state index contributed by atoms with van der Waals surface area (Å²) < 4.78 is 83.0. The number of pyridine rings is 1. The number of fused-ring (bicyclic) bond motifs is 1. The van der Waals surface area contributed by atoms with Gasteiger partial charge in [0.15, 0.2) is 0 Å². The van der Waals surface area contributed by atoms with Crippen LogP contribution in [0.25, 0.3) is 11.0 Å². The van der Waals surface area contributed by atoms with Crippen LogP contribution in [-0.2, 0) is 10.0 Å². The molecule has 2 aromatic heterocycles. The Balaban J connectivity index is 1.66. The van der Waals surface area contributed by atoms with E-state index in [1.54, 1.807) is 0 Å². The second kappa shape index (κ2) is 8.31. The third-order valence-corrected chi connectivity index (χ3v) is 7.34. The Morgan fingerprint density at radius 2 is 2.09 bits per heavy atom. The third kappa shape index (κ3) is 4.35. The highest BCUT2D eigenvalue weighted by Gasteiger charge is 2.40. The zero-order chi connectivity index (χ0) is 26.7. The van der Waals surface area contributed by atoms with E-state index in [9.17, 15) is 27.1 Å². The number of nitrogens with zero attached hydrogens (tertiary/aromatic N) is 4. The molecule has 1 aliphatic heterocycles. The maximum absolute atomic E-state index is 13.9. The minimum Gasteiger partial charge on any atom is -0.388 e. The van der Waals surface area contributed by atoms with Crippen molar-refractivity contribution in [3.05, 3.63) is 28.2 Å². The number of anilines is 1. The first-order valence-electron chi connectivity index (χ1n) is 12.3. The zero-order valence-corrected chi connectivity index (χ0v) is 18.2. The number of sulfonamides is 1. The fourth-order valence-electron chi connectivity index (χ4n) is 4.58. The Kier molecular flexibility index (Phi) is 4.74. The summed E-state index contributed by atoms with van der Waals surface area (Å²) in [6, 6.07) is -0.254. The summed E-state index contributed by atoms with van der Waals surface area (Å²) in [6.07, 6.45) is -4.23. The highest BCUT2D eigenvalue weighted by molar-refractivity contribution is 7.88. The van der Waals surface area contributed by atoms with Crippen LogP contribution < -0.4 is 10.9 Å². The van der Waals surface area contributed by atoms with Crippen molar-refractivity contribution in [1.29, 1.82) is 0 Å². The first-order valence-corrected chi connectivity index (χ1v) is 11.8. The molecule has 12 heteroatoms. The Bertz CT molecular complexity index is 1320. The Morgan fingerprint density at radius 3 is 2.69 bits per heavy atom. The molecule has 0 radical (unpaired) electrons. The van der Waals surface area contributed by atoms with Crippen LogP contribution in [0.5, 0.6) is 0 Å². The second-order valence-corrected chi connectivity index (χ2v) is 10.0. The molecule has 4 rings (SSSR count). The van der Waals surface area contributed by atoms with Crippen molar-refractivity contribution in [2.75, 3.05) is 24.6 Å². The lowest BCUT2D eigenvalue weighted by atomic mass is 9.99. The summed E-state index contributed by atoms with van der Waals surface area (Å²) in [5, 5.41) is 14.0. The number of halogens is 2. The molecule has 2 aliphatic rings. The molecule has 1 aliphatic carbocycles. The van der Waals surface area contributed by atoms with E-state index in [2.05, 4.69) is 15.3 Å². The van der Waals surface area contributed by atoms with E-state index in [1.165, 1.54) is 13.1 Å². The van der Waals surface area contributed by atoms with Crippen molar-refractivity contribution in [2.24, 2.45) is 0 Å². The van der Waals surface area contributed by atoms with E-state index >= 15 is 0 Å². The molecule has 0 unspecified atom stereocenters. The van der Waals surface area contributed by atoms with Gasteiger partial charge >= 0.3 is 0 Å². The maximum atomic E-state index is 13.9. The third-order valence-electron chi connectivity index (χ3n) is 6.29. The SMILES string of the molecule is [2H]C(F)(F)c1cc2cnc(NC3CCN(S(=O)(=O)C([2H])([2H])[2H])CC3)nc2n([C@H]2CCC[C@]2(C)O)c1=O. The number of hydrogen-bond donors (Lipinski definition) is 2. The van der Waals surface area contributed by atoms with E-state index in [1.807, 2.05) is 0 Å². The fourth-order valence-corrected chi connectivity index (χ4v) is 5.27. The van der Waals surface area contributed by atoms with E-state index in [-0.39, 0.29) is 49.0 Å². The number of rotatable bonds is 5. The van der Waals surface area contributed by atoms with Gasteiger partial charge in [-0.05, 0) is 45.1 Å². The number of piperidine rings is 1. The molecule has 0 bridgehead atoms. The Morgan fingerprint density at radius 1 is 1.38 bits per heavy atom. The minimum atomic E-state index is -4.44. The summed E-state index contributed by atoms with van der Waals surface area (Å²) in [5.74, 6) is 0.0656. The van der Waals surface area contributed by atoms with Crippen molar-refractivity contribution in [1.82, 2.24) is 18.8 Å². The predicted molar refractivity (Wildman–Crippen MR) is 115 cm³/mol. The van der Waals surface area contributed by atoms with Gasteiger partial charge in [-0.1, -0.05) is 0 Å². The van der Waals surface area contributed by atoms with Crippen molar-refractivity contribution >= 4 is 27.0 Å². The first-order chi connectivity index (χ1) is 16.5. The van der Waals surface area contributed by atoms with Crippen molar-refractivity contribution < 1.29 is 27.8 Å². The van der Waals surface area contributed by atoms with Gasteiger partial charge in [-0.15, -0.1) is 0 Å². The summed E-state index contributed by atoms with van der Waals surface area (Å²) in [6.45, 7) is 1.48. The number of alkyl halides is 2. The van der Waals surface area contributed by atoms with Crippen LogP contribution >= 0.6 is 0 Å². The monoisotopic (exact) mass is 475 g/mol. The molecule has 9 nitrogen and oxygen atoms in total. The van der Waals surface area contributed by atoms with Crippen molar-refractivity contribution in [2.45, 2.75) is 63.1 Å². The van der Waals surface area contributed by atoms with Crippen LogP contribution in [0.1, 0.15) is 62.5 Å². The van der Waals surface area contributed by atoms with Crippen LogP contribution in [0, 0.1) is 0 Å². The molecule has 176 valence electrons.